The second-order valence-corrected chi connectivity index (χ2v) is 5.43. The summed E-state index contributed by atoms with van der Waals surface area (Å²) in [6.45, 7) is 4.88. The van der Waals surface area contributed by atoms with E-state index in [1.165, 1.54) is 50.8 Å². The number of hydrogen-bond donors (Lipinski definition) is 2. The third kappa shape index (κ3) is 14.3. The van der Waals surface area contributed by atoms with Crippen LogP contribution in [0.15, 0.2) is 0 Å². The van der Waals surface area contributed by atoms with Gasteiger partial charge in [-0.2, -0.15) is 11.8 Å². The molecule has 0 fully saturated rings. The number of aliphatic hydroxyl groups excluding tert-OH is 1. The molecule has 2 N–H and O–H groups in total. The second kappa shape index (κ2) is 15.3. The van der Waals surface area contributed by atoms with Crippen LogP contribution in [0, 0.1) is 0 Å². The van der Waals surface area contributed by atoms with Gasteiger partial charge in [0.1, 0.15) is 0 Å². The molecular formula is C13H29NOS. The number of nitrogens with one attached hydrogen (secondary N) is 1. The summed E-state index contributed by atoms with van der Waals surface area (Å²) >= 11 is 1.93. The Morgan fingerprint density at radius 2 is 1.62 bits per heavy atom. The van der Waals surface area contributed by atoms with Crippen molar-refractivity contribution in [3.8, 4) is 0 Å². The SMILES string of the molecule is CCCCCCCCNCCSCCCO. The summed E-state index contributed by atoms with van der Waals surface area (Å²) in [6, 6.07) is 0. The van der Waals surface area contributed by atoms with Gasteiger partial charge in [0.05, 0.1) is 0 Å². The summed E-state index contributed by atoms with van der Waals surface area (Å²) in [4.78, 5) is 0. The van der Waals surface area contributed by atoms with E-state index in [1.54, 1.807) is 0 Å². The first kappa shape index (κ1) is 16.3. The lowest BCUT2D eigenvalue weighted by atomic mass is 10.1. The molecule has 0 aliphatic carbocycles. The Kier molecular flexibility index (Phi) is 15.5. The van der Waals surface area contributed by atoms with Crippen LogP contribution in [0.2, 0.25) is 0 Å². The van der Waals surface area contributed by atoms with Gasteiger partial charge in [0, 0.05) is 18.9 Å². The van der Waals surface area contributed by atoms with Crippen molar-refractivity contribution < 1.29 is 5.11 Å². The van der Waals surface area contributed by atoms with Crippen LogP contribution in [-0.4, -0.2) is 36.3 Å². The maximum absolute atomic E-state index is 8.60. The first-order chi connectivity index (χ1) is 7.91. The average Bonchev–Trinajstić information content (AvgIpc) is 2.31. The maximum Gasteiger partial charge on any atom is 0.0438 e. The zero-order chi connectivity index (χ0) is 11.9. The molecule has 2 nitrogen and oxygen atoms in total. The van der Waals surface area contributed by atoms with E-state index in [2.05, 4.69) is 12.2 Å². The highest BCUT2D eigenvalue weighted by atomic mass is 32.2. The molecule has 0 saturated carbocycles. The van der Waals surface area contributed by atoms with E-state index in [9.17, 15) is 0 Å². The Bertz CT molecular complexity index is 109. The molecule has 3 heteroatoms. The van der Waals surface area contributed by atoms with Gasteiger partial charge in [-0.25, -0.2) is 0 Å². The molecule has 0 aliphatic rings. The minimum absolute atomic E-state index is 0.332. The molecule has 0 saturated heterocycles. The van der Waals surface area contributed by atoms with E-state index in [4.69, 9.17) is 5.11 Å². The number of hydrogen-bond acceptors (Lipinski definition) is 3. The second-order valence-electron chi connectivity index (χ2n) is 4.21. The topological polar surface area (TPSA) is 32.3 Å². The summed E-state index contributed by atoms with van der Waals surface area (Å²) < 4.78 is 0. The van der Waals surface area contributed by atoms with Crippen molar-refractivity contribution in [1.82, 2.24) is 5.32 Å². The van der Waals surface area contributed by atoms with Crippen molar-refractivity contribution in [3.05, 3.63) is 0 Å². The molecule has 0 spiro atoms. The summed E-state index contributed by atoms with van der Waals surface area (Å²) in [5.74, 6) is 2.27. The lowest BCUT2D eigenvalue weighted by Gasteiger charge is -2.04. The lowest BCUT2D eigenvalue weighted by Crippen LogP contribution is -2.18. The van der Waals surface area contributed by atoms with Gasteiger partial charge in [0.2, 0.25) is 0 Å². The predicted octanol–water partition coefficient (Wildman–Crippen LogP) is 3.05. The highest BCUT2D eigenvalue weighted by molar-refractivity contribution is 7.99. The maximum atomic E-state index is 8.60. The first-order valence-corrected chi connectivity index (χ1v) is 7.96. The van der Waals surface area contributed by atoms with Crippen molar-refractivity contribution in [3.63, 3.8) is 0 Å². The standard InChI is InChI=1S/C13H29NOS/c1-2-3-4-5-6-7-9-14-10-13-16-12-8-11-15/h14-15H,2-13H2,1H3. The highest BCUT2D eigenvalue weighted by Gasteiger charge is 1.91. The van der Waals surface area contributed by atoms with Crippen LogP contribution in [0.5, 0.6) is 0 Å². The van der Waals surface area contributed by atoms with Gasteiger partial charge in [0.15, 0.2) is 0 Å². The lowest BCUT2D eigenvalue weighted by molar-refractivity contribution is 0.296. The number of unbranched alkanes of at least 4 members (excludes halogenated alkanes) is 5. The first-order valence-electron chi connectivity index (χ1n) is 6.81. The largest absolute Gasteiger partial charge is 0.396 e. The Balaban J connectivity index is 2.83. The highest BCUT2D eigenvalue weighted by Crippen LogP contribution is 2.04. The monoisotopic (exact) mass is 247 g/mol. The molecule has 0 amide bonds. The van der Waals surface area contributed by atoms with Gasteiger partial charge in [-0.3, -0.25) is 0 Å². The fourth-order valence-electron chi connectivity index (χ4n) is 1.57. The van der Waals surface area contributed by atoms with Gasteiger partial charge in [-0.1, -0.05) is 39.0 Å². The summed E-state index contributed by atoms with van der Waals surface area (Å²) in [5.41, 5.74) is 0. The smallest absolute Gasteiger partial charge is 0.0438 e. The Hall–Kier alpha value is 0.270. The zero-order valence-electron chi connectivity index (χ0n) is 10.8. The molecule has 0 aromatic carbocycles. The van der Waals surface area contributed by atoms with E-state index >= 15 is 0 Å². The molecule has 0 aromatic heterocycles. The quantitative estimate of drug-likeness (QED) is 0.491. The van der Waals surface area contributed by atoms with E-state index in [0.717, 1.165) is 18.7 Å². The van der Waals surface area contributed by atoms with E-state index in [0.29, 0.717) is 6.61 Å². The summed E-state index contributed by atoms with van der Waals surface area (Å²) in [6.07, 6.45) is 9.18. The van der Waals surface area contributed by atoms with Crippen LogP contribution in [0.1, 0.15) is 51.9 Å². The molecule has 0 aliphatic heterocycles. The zero-order valence-corrected chi connectivity index (χ0v) is 11.7. The molecule has 0 unspecified atom stereocenters. The van der Waals surface area contributed by atoms with Crippen molar-refractivity contribution >= 4 is 11.8 Å². The minimum atomic E-state index is 0.332. The Labute approximate surface area is 106 Å². The van der Waals surface area contributed by atoms with Crippen LogP contribution in [0.3, 0.4) is 0 Å². The van der Waals surface area contributed by atoms with Gasteiger partial charge in [-0.15, -0.1) is 0 Å². The van der Waals surface area contributed by atoms with Crippen LogP contribution in [0.25, 0.3) is 0 Å². The molecule has 0 atom stereocenters. The molecular weight excluding hydrogens is 218 g/mol. The average molecular weight is 247 g/mol. The van der Waals surface area contributed by atoms with E-state index in [-0.39, 0.29) is 0 Å². The molecule has 0 rings (SSSR count). The Morgan fingerprint density at radius 1 is 0.875 bits per heavy atom. The van der Waals surface area contributed by atoms with Gasteiger partial charge < -0.3 is 10.4 Å². The van der Waals surface area contributed by atoms with Crippen molar-refractivity contribution in [1.29, 1.82) is 0 Å². The Morgan fingerprint density at radius 3 is 2.38 bits per heavy atom. The van der Waals surface area contributed by atoms with Crippen LogP contribution >= 0.6 is 11.8 Å². The van der Waals surface area contributed by atoms with E-state index < -0.39 is 0 Å². The van der Waals surface area contributed by atoms with Gasteiger partial charge in [-0.05, 0) is 25.1 Å². The van der Waals surface area contributed by atoms with Crippen molar-refractivity contribution in [2.24, 2.45) is 0 Å². The van der Waals surface area contributed by atoms with Crippen molar-refractivity contribution in [2.75, 3.05) is 31.2 Å². The number of aliphatic hydroxyl groups is 1. The number of rotatable bonds is 13. The summed E-state index contributed by atoms with van der Waals surface area (Å²) in [7, 11) is 0. The normalized spacial score (nSPS) is 10.9. The van der Waals surface area contributed by atoms with Gasteiger partial charge in [0.25, 0.3) is 0 Å². The number of thioether (sulfide) groups is 1. The molecule has 0 aromatic rings. The fourth-order valence-corrected chi connectivity index (χ4v) is 2.39. The predicted molar refractivity (Wildman–Crippen MR) is 75.3 cm³/mol. The molecule has 0 heterocycles. The molecule has 0 radical (unpaired) electrons. The molecule has 0 bridgehead atoms. The third-order valence-electron chi connectivity index (χ3n) is 2.58. The third-order valence-corrected chi connectivity index (χ3v) is 3.65. The van der Waals surface area contributed by atoms with Crippen LogP contribution < -0.4 is 5.32 Å². The van der Waals surface area contributed by atoms with Gasteiger partial charge >= 0.3 is 0 Å². The van der Waals surface area contributed by atoms with E-state index in [1.807, 2.05) is 11.8 Å². The molecule has 16 heavy (non-hydrogen) atoms. The fraction of sp³-hybridized carbons (Fsp3) is 1.00. The van der Waals surface area contributed by atoms with Crippen LogP contribution in [-0.2, 0) is 0 Å². The summed E-state index contributed by atoms with van der Waals surface area (Å²) in [5, 5.41) is 12.1. The van der Waals surface area contributed by atoms with Crippen molar-refractivity contribution in [2.45, 2.75) is 51.9 Å². The molecule has 98 valence electrons. The van der Waals surface area contributed by atoms with Crippen LogP contribution in [0.4, 0.5) is 0 Å². The minimum Gasteiger partial charge on any atom is -0.396 e.